The monoisotopic (exact) mass is 264 g/mol. The molecule has 1 fully saturated rings. The molecule has 1 aliphatic carbocycles. The van der Waals surface area contributed by atoms with E-state index in [1.807, 2.05) is 11.9 Å². The van der Waals surface area contributed by atoms with Crippen LogP contribution in [0, 0.1) is 0 Å². The van der Waals surface area contributed by atoms with Crippen molar-refractivity contribution in [1.29, 1.82) is 0 Å². The molecule has 2 rings (SSSR count). The Bertz CT molecular complexity index is 407. The summed E-state index contributed by atoms with van der Waals surface area (Å²) in [4.78, 5) is 14.3. The first-order valence-corrected chi connectivity index (χ1v) is 7.22. The molecule has 0 saturated heterocycles. The zero-order valence-corrected chi connectivity index (χ0v) is 11.7. The van der Waals surface area contributed by atoms with E-state index in [0.29, 0.717) is 24.7 Å². The number of nitrogens with two attached hydrogens (primary N) is 1. The number of carbonyl (C=O) groups excluding carboxylic acids is 1. The molecular formula is C14H24N4O. The van der Waals surface area contributed by atoms with Crippen LogP contribution in [-0.4, -0.2) is 40.2 Å². The van der Waals surface area contributed by atoms with Gasteiger partial charge in [0.2, 0.25) is 0 Å². The maximum Gasteiger partial charge on any atom is 0.257 e. The van der Waals surface area contributed by atoms with Gasteiger partial charge in [-0.15, -0.1) is 0 Å². The Balaban J connectivity index is 2.00. The molecule has 5 nitrogen and oxygen atoms in total. The van der Waals surface area contributed by atoms with Crippen LogP contribution in [0.1, 0.15) is 48.9 Å². The Morgan fingerprint density at radius 3 is 2.74 bits per heavy atom. The minimum Gasteiger partial charge on any atom is -0.339 e. The lowest BCUT2D eigenvalue weighted by atomic mass is 10.1. The van der Waals surface area contributed by atoms with Gasteiger partial charge in [0, 0.05) is 25.8 Å². The molecule has 0 bridgehead atoms. The number of rotatable bonds is 4. The summed E-state index contributed by atoms with van der Waals surface area (Å²) in [5, 5.41) is 4.16. The van der Waals surface area contributed by atoms with Gasteiger partial charge in [-0.05, 0) is 12.8 Å². The lowest BCUT2D eigenvalue weighted by Crippen LogP contribution is -2.36. The topological polar surface area (TPSA) is 64.2 Å². The highest BCUT2D eigenvalue weighted by Gasteiger charge is 2.22. The van der Waals surface area contributed by atoms with Gasteiger partial charge >= 0.3 is 0 Å². The molecule has 1 heterocycles. The Kier molecular flexibility index (Phi) is 4.96. The van der Waals surface area contributed by atoms with Gasteiger partial charge in [-0.1, -0.05) is 25.7 Å². The van der Waals surface area contributed by atoms with Crippen LogP contribution in [0.3, 0.4) is 0 Å². The zero-order valence-electron chi connectivity index (χ0n) is 11.7. The van der Waals surface area contributed by atoms with E-state index in [2.05, 4.69) is 5.10 Å². The van der Waals surface area contributed by atoms with E-state index in [-0.39, 0.29) is 5.91 Å². The molecule has 0 aromatic carbocycles. The summed E-state index contributed by atoms with van der Waals surface area (Å²) >= 11 is 0. The highest BCUT2D eigenvalue weighted by atomic mass is 16.2. The van der Waals surface area contributed by atoms with Crippen LogP contribution < -0.4 is 5.73 Å². The van der Waals surface area contributed by atoms with Crippen LogP contribution in [-0.2, 0) is 6.54 Å². The Labute approximate surface area is 114 Å². The number of amides is 1. The van der Waals surface area contributed by atoms with E-state index >= 15 is 0 Å². The molecular weight excluding hydrogens is 240 g/mol. The van der Waals surface area contributed by atoms with Gasteiger partial charge in [0.25, 0.3) is 5.91 Å². The quantitative estimate of drug-likeness (QED) is 0.841. The van der Waals surface area contributed by atoms with Crippen LogP contribution in [0.5, 0.6) is 0 Å². The van der Waals surface area contributed by atoms with Gasteiger partial charge < -0.3 is 10.6 Å². The van der Waals surface area contributed by atoms with Gasteiger partial charge in [0.15, 0.2) is 0 Å². The van der Waals surface area contributed by atoms with E-state index in [4.69, 9.17) is 5.73 Å². The largest absolute Gasteiger partial charge is 0.339 e. The average molecular weight is 264 g/mol. The van der Waals surface area contributed by atoms with Gasteiger partial charge in [-0.2, -0.15) is 5.10 Å². The van der Waals surface area contributed by atoms with E-state index in [1.165, 1.54) is 25.7 Å². The summed E-state index contributed by atoms with van der Waals surface area (Å²) in [6.07, 6.45) is 10.7. The summed E-state index contributed by atoms with van der Waals surface area (Å²) in [6.45, 7) is 1.19. The second-order valence-corrected chi connectivity index (χ2v) is 5.34. The van der Waals surface area contributed by atoms with Crippen molar-refractivity contribution in [3.8, 4) is 0 Å². The molecule has 106 valence electrons. The van der Waals surface area contributed by atoms with Crippen LogP contribution in [0.2, 0.25) is 0 Å². The number of hydrogen-bond donors (Lipinski definition) is 1. The van der Waals surface area contributed by atoms with Crippen LogP contribution >= 0.6 is 0 Å². The fourth-order valence-corrected chi connectivity index (χ4v) is 2.74. The van der Waals surface area contributed by atoms with E-state index in [1.54, 1.807) is 17.1 Å². The van der Waals surface area contributed by atoms with Crippen LogP contribution in [0.15, 0.2) is 12.4 Å². The number of hydrogen-bond acceptors (Lipinski definition) is 3. The second kappa shape index (κ2) is 6.70. The van der Waals surface area contributed by atoms with Crippen molar-refractivity contribution < 1.29 is 4.79 Å². The molecule has 1 saturated carbocycles. The zero-order chi connectivity index (χ0) is 13.7. The smallest absolute Gasteiger partial charge is 0.257 e. The SMILES string of the molecule is CN(C(=O)c1cnn(CCN)c1)C1CCCCCC1. The van der Waals surface area contributed by atoms with Gasteiger partial charge in [0.1, 0.15) is 0 Å². The third-order valence-electron chi connectivity index (χ3n) is 3.93. The van der Waals surface area contributed by atoms with E-state index in [0.717, 1.165) is 12.8 Å². The lowest BCUT2D eigenvalue weighted by Gasteiger charge is -2.26. The molecule has 1 aromatic rings. The fraction of sp³-hybridized carbons (Fsp3) is 0.714. The summed E-state index contributed by atoms with van der Waals surface area (Å²) < 4.78 is 1.73. The van der Waals surface area contributed by atoms with Gasteiger partial charge in [-0.25, -0.2) is 0 Å². The van der Waals surface area contributed by atoms with Crippen molar-refractivity contribution in [1.82, 2.24) is 14.7 Å². The normalized spacial score (nSPS) is 17.2. The Morgan fingerprint density at radius 1 is 1.42 bits per heavy atom. The van der Waals surface area contributed by atoms with Crippen LogP contribution in [0.4, 0.5) is 0 Å². The first-order valence-electron chi connectivity index (χ1n) is 7.22. The maximum atomic E-state index is 12.4. The van der Waals surface area contributed by atoms with Gasteiger partial charge in [0.05, 0.1) is 18.3 Å². The third-order valence-corrected chi connectivity index (χ3v) is 3.93. The molecule has 0 radical (unpaired) electrons. The molecule has 19 heavy (non-hydrogen) atoms. The summed E-state index contributed by atoms with van der Waals surface area (Å²) in [5.74, 6) is 0.0789. The van der Waals surface area contributed by atoms with E-state index in [9.17, 15) is 4.79 Å². The third kappa shape index (κ3) is 3.56. The van der Waals surface area contributed by atoms with Crippen LogP contribution in [0.25, 0.3) is 0 Å². The summed E-state index contributed by atoms with van der Waals surface area (Å²) in [7, 11) is 1.92. The molecule has 0 aliphatic heterocycles. The molecule has 1 aliphatic rings. The minimum atomic E-state index is 0.0789. The fourth-order valence-electron chi connectivity index (χ4n) is 2.74. The first-order chi connectivity index (χ1) is 9.22. The predicted molar refractivity (Wildman–Crippen MR) is 74.9 cm³/mol. The molecule has 0 atom stereocenters. The van der Waals surface area contributed by atoms with Gasteiger partial charge in [-0.3, -0.25) is 9.48 Å². The highest BCUT2D eigenvalue weighted by molar-refractivity contribution is 5.93. The van der Waals surface area contributed by atoms with Crippen molar-refractivity contribution in [2.75, 3.05) is 13.6 Å². The first kappa shape index (κ1) is 14.1. The summed E-state index contributed by atoms with van der Waals surface area (Å²) in [6, 6.07) is 0.382. The second-order valence-electron chi connectivity index (χ2n) is 5.34. The molecule has 0 spiro atoms. The van der Waals surface area contributed by atoms with Crippen molar-refractivity contribution >= 4 is 5.91 Å². The summed E-state index contributed by atoms with van der Waals surface area (Å²) in [5.41, 5.74) is 6.15. The number of nitrogens with zero attached hydrogens (tertiary/aromatic N) is 3. The maximum absolute atomic E-state index is 12.4. The molecule has 1 amide bonds. The molecule has 1 aromatic heterocycles. The average Bonchev–Trinajstić information content (AvgIpc) is 2.72. The lowest BCUT2D eigenvalue weighted by molar-refractivity contribution is 0.0717. The Morgan fingerprint density at radius 2 is 2.11 bits per heavy atom. The number of carbonyl (C=O) groups is 1. The minimum absolute atomic E-state index is 0.0789. The molecule has 5 heteroatoms. The van der Waals surface area contributed by atoms with Crippen molar-refractivity contribution in [3.63, 3.8) is 0 Å². The standard InChI is InChI=1S/C14H24N4O/c1-17(13-6-4-2-3-5-7-13)14(19)12-10-16-18(11-12)9-8-15/h10-11,13H,2-9,15H2,1H3. The predicted octanol–water partition coefficient (Wildman–Crippen LogP) is 1.64. The molecule has 0 unspecified atom stereocenters. The van der Waals surface area contributed by atoms with E-state index < -0.39 is 0 Å². The van der Waals surface area contributed by atoms with Crippen molar-refractivity contribution in [3.05, 3.63) is 18.0 Å². The highest BCUT2D eigenvalue weighted by Crippen LogP contribution is 2.22. The molecule has 2 N–H and O–H groups in total. The van der Waals surface area contributed by atoms with Crippen molar-refractivity contribution in [2.45, 2.75) is 51.1 Å². The Hall–Kier alpha value is -1.36. The van der Waals surface area contributed by atoms with Crippen molar-refractivity contribution in [2.24, 2.45) is 5.73 Å². The number of aromatic nitrogens is 2.